The van der Waals surface area contributed by atoms with Gasteiger partial charge in [0.25, 0.3) is 0 Å². The van der Waals surface area contributed by atoms with E-state index in [2.05, 4.69) is 26.0 Å². The van der Waals surface area contributed by atoms with Crippen LogP contribution in [0.1, 0.15) is 19.4 Å². The molecule has 18 heavy (non-hydrogen) atoms. The quantitative estimate of drug-likeness (QED) is 0.836. The first kappa shape index (κ1) is 15.6. The molecule has 0 radical (unpaired) electrons. The van der Waals surface area contributed by atoms with Crippen LogP contribution in [-0.4, -0.2) is 27.5 Å². The maximum Gasteiger partial charge on any atom is 0.240 e. The summed E-state index contributed by atoms with van der Waals surface area (Å²) in [6, 6.07) is 5.11. The van der Waals surface area contributed by atoms with Gasteiger partial charge in [0.1, 0.15) is 0 Å². The molecule has 1 atom stereocenters. The molecule has 102 valence electrons. The van der Waals surface area contributed by atoms with Crippen molar-refractivity contribution in [3.63, 3.8) is 0 Å². The Hall–Kier alpha value is -0.430. The third-order valence-corrected chi connectivity index (χ3v) is 4.88. The first-order valence-corrected chi connectivity index (χ1v) is 8.13. The Labute approximate surface area is 117 Å². The second-order valence-electron chi connectivity index (χ2n) is 4.22. The molecule has 0 heterocycles. The molecule has 0 aliphatic heterocycles. The van der Waals surface area contributed by atoms with Crippen molar-refractivity contribution in [1.82, 2.24) is 10.0 Å². The highest BCUT2D eigenvalue weighted by Gasteiger charge is 2.15. The lowest BCUT2D eigenvalue weighted by molar-refractivity contribution is 0.536. The third kappa shape index (κ3) is 4.35. The molecule has 0 saturated heterocycles. The maximum atomic E-state index is 12.1. The van der Waals surface area contributed by atoms with E-state index in [-0.39, 0.29) is 6.04 Å². The van der Waals surface area contributed by atoms with Crippen molar-refractivity contribution >= 4 is 26.0 Å². The van der Waals surface area contributed by atoms with Gasteiger partial charge >= 0.3 is 0 Å². The molecule has 1 rings (SSSR count). The van der Waals surface area contributed by atoms with Crippen LogP contribution in [0.3, 0.4) is 0 Å². The van der Waals surface area contributed by atoms with E-state index < -0.39 is 10.0 Å². The van der Waals surface area contributed by atoms with Crippen LogP contribution in [0.25, 0.3) is 0 Å². The molecular weight excluding hydrogens is 316 g/mol. The molecule has 0 unspecified atom stereocenters. The molecule has 0 fully saturated rings. The zero-order chi connectivity index (χ0) is 13.8. The minimum atomic E-state index is -3.42. The lowest BCUT2D eigenvalue weighted by atomic mass is 10.2. The summed E-state index contributed by atoms with van der Waals surface area (Å²) in [6.45, 7) is 7.00. The van der Waals surface area contributed by atoms with Crippen LogP contribution in [0.2, 0.25) is 0 Å². The summed E-state index contributed by atoms with van der Waals surface area (Å²) >= 11 is 3.35. The lowest BCUT2D eigenvalue weighted by Gasteiger charge is -2.14. The Morgan fingerprint density at radius 2 is 2.06 bits per heavy atom. The number of rotatable bonds is 6. The van der Waals surface area contributed by atoms with Crippen LogP contribution in [0, 0.1) is 6.92 Å². The summed E-state index contributed by atoms with van der Waals surface area (Å²) in [5, 5.41) is 3.16. The molecule has 0 aromatic heterocycles. The fourth-order valence-electron chi connectivity index (χ4n) is 1.52. The number of hydrogen-bond acceptors (Lipinski definition) is 3. The monoisotopic (exact) mass is 334 g/mol. The normalized spacial score (nSPS) is 13.6. The SMILES string of the molecule is CCN[C@H](C)CNS(=O)(=O)c1ccc(Br)c(C)c1. The Morgan fingerprint density at radius 3 is 2.61 bits per heavy atom. The van der Waals surface area contributed by atoms with E-state index in [4.69, 9.17) is 0 Å². The van der Waals surface area contributed by atoms with Gasteiger partial charge in [-0.3, -0.25) is 0 Å². The minimum Gasteiger partial charge on any atom is -0.313 e. The van der Waals surface area contributed by atoms with E-state index in [0.29, 0.717) is 11.4 Å². The maximum absolute atomic E-state index is 12.1. The van der Waals surface area contributed by atoms with Crippen LogP contribution in [0.4, 0.5) is 0 Å². The summed E-state index contributed by atoms with van der Waals surface area (Å²) in [4.78, 5) is 0.298. The average molecular weight is 335 g/mol. The van der Waals surface area contributed by atoms with Gasteiger partial charge in [-0.1, -0.05) is 22.9 Å². The van der Waals surface area contributed by atoms with Crippen LogP contribution in [0.15, 0.2) is 27.6 Å². The molecule has 1 aromatic carbocycles. The van der Waals surface area contributed by atoms with Gasteiger partial charge in [-0.2, -0.15) is 0 Å². The van der Waals surface area contributed by atoms with Gasteiger partial charge in [-0.25, -0.2) is 13.1 Å². The number of sulfonamides is 1. The van der Waals surface area contributed by atoms with Gasteiger partial charge in [-0.15, -0.1) is 0 Å². The standard InChI is InChI=1S/C12H19BrN2O2S/c1-4-14-10(3)8-15-18(16,17)11-5-6-12(13)9(2)7-11/h5-7,10,14-15H,4,8H2,1-3H3/t10-/m1/s1. The molecule has 0 aliphatic carbocycles. The highest BCUT2D eigenvalue weighted by atomic mass is 79.9. The highest BCUT2D eigenvalue weighted by molar-refractivity contribution is 9.10. The van der Waals surface area contributed by atoms with E-state index in [9.17, 15) is 8.42 Å². The highest BCUT2D eigenvalue weighted by Crippen LogP contribution is 2.19. The largest absolute Gasteiger partial charge is 0.313 e. The van der Waals surface area contributed by atoms with Crippen molar-refractivity contribution in [3.05, 3.63) is 28.2 Å². The van der Waals surface area contributed by atoms with Crippen molar-refractivity contribution in [1.29, 1.82) is 0 Å². The number of halogens is 1. The van der Waals surface area contributed by atoms with E-state index >= 15 is 0 Å². The zero-order valence-corrected chi connectivity index (χ0v) is 13.2. The van der Waals surface area contributed by atoms with Crippen molar-refractivity contribution < 1.29 is 8.42 Å². The van der Waals surface area contributed by atoms with Gasteiger partial charge in [0, 0.05) is 17.1 Å². The number of aryl methyl sites for hydroxylation is 1. The average Bonchev–Trinajstić information content (AvgIpc) is 2.30. The molecule has 2 N–H and O–H groups in total. The Bertz CT molecular complexity index is 503. The summed E-state index contributed by atoms with van der Waals surface area (Å²) in [6.07, 6.45) is 0. The Morgan fingerprint density at radius 1 is 1.39 bits per heavy atom. The van der Waals surface area contributed by atoms with Crippen LogP contribution in [0.5, 0.6) is 0 Å². The lowest BCUT2D eigenvalue weighted by Crippen LogP contribution is -2.38. The molecule has 0 spiro atoms. The third-order valence-electron chi connectivity index (χ3n) is 2.57. The van der Waals surface area contributed by atoms with Crippen LogP contribution in [-0.2, 0) is 10.0 Å². The summed E-state index contributed by atoms with van der Waals surface area (Å²) in [5.74, 6) is 0. The molecule has 0 saturated carbocycles. The smallest absolute Gasteiger partial charge is 0.240 e. The van der Waals surface area contributed by atoms with Crippen LogP contribution >= 0.6 is 15.9 Å². The molecular formula is C12H19BrN2O2S. The van der Waals surface area contributed by atoms with E-state index in [1.807, 2.05) is 20.8 Å². The van der Waals surface area contributed by atoms with Crippen molar-refractivity contribution in [2.75, 3.05) is 13.1 Å². The van der Waals surface area contributed by atoms with Gasteiger partial charge in [0.05, 0.1) is 4.90 Å². The molecule has 4 nitrogen and oxygen atoms in total. The zero-order valence-electron chi connectivity index (χ0n) is 10.8. The van der Waals surface area contributed by atoms with Crippen molar-refractivity contribution in [2.45, 2.75) is 31.7 Å². The fourth-order valence-corrected chi connectivity index (χ4v) is 2.98. The Kier molecular flexibility index (Phi) is 5.78. The number of benzene rings is 1. The number of nitrogens with one attached hydrogen (secondary N) is 2. The first-order chi connectivity index (χ1) is 8.36. The summed E-state index contributed by atoms with van der Waals surface area (Å²) in [7, 11) is -3.42. The molecule has 1 aromatic rings. The minimum absolute atomic E-state index is 0.112. The van der Waals surface area contributed by atoms with E-state index in [1.165, 1.54) is 0 Å². The summed E-state index contributed by atoms with van der Waals surface area (Å²) in [5.41, 5.74) is 0.901. The second-order valence-corrected chi connectivity index (χ2v) is 6.84. The van der Waals surface area contributed by atoms with Crippen LogP contribution < -0.4 is 10.0 Å². The van der Waals surface area contributed by atoms with Gasteiger partial charge in [0.2, 0.25) is 10.0 Å². The topological polar surface area (TPSA) is 58.2 Å². The number of hydrogen-bond donors (Lipinski definition) is 2. The van der Waals surface area contributed by atoms with Gasteiger partial charge < -0.3 is 5.32 Å². The number of likely N-dealkylation sites (N-methyl/N-ethyl adjacent to an activating group) is 1. The predicted octanol–water partition coefficient (Wildman–Crippen LogP) is 2.03. The molecule has 0 amide bonds. The second kappa shape index (κ2) is 6.65. The van der Waals surface area contributed by atoms with Gasteiger partial charge in [-0.05, 0) is 44.2 Å². The fraction of sp³-hybridized carbons (Fsp3) is 0.500. The molecule has 0 bridgehead atoms. The molecule has 6 heteroatoms. The van der Waals surface area contributed by atoms with E-state index in [1.54, 1.807) is 18.2 Å². The molecule has 0 aliphatic rings. The van der Waals surface area contributed by atoms with Crippen molar-refractivity contribution in [2.24, 2.45) is 0 Å². The first-order valence-electron chi connectivity index (χ1n) is 5.86. The van der Waals surface area contributed by atoms with E-state index in [0.717, 1.165) is 16.6 Å². The van der Waals surface area contributed by atoms with Crippen molar-refractivity contribution in [3.8, 4) is 0 Å². The predicted molar refractivity (Wildman–Crippen MR) is 77.2 cm³/mol. The van der Waals surface area contributed by atoms with Gasteiger partial charge in [0.15, 0.2) is 0 Å². The Balaban J connectivity index is 2.77. The summed E-state index contributed by atoms with van der Waals surface area (Å²) < 4.78 is 27.6.